The molecule has 0 amide bonds. The quantitative estimate of drug-likeness (QED) is 0.827. The molecule has 0 saturated carbocycles. The van der Waals surface area contributed by atoms with Crippen LogP contribution in [0.1, 0.15) is 31.7 Å². The molecule has 3 heteroatoms. The lowest BCUT2D eigenvalue weighted by Crippen LogP contribution is -2.15. The molecule has 0 aromatic heterocycles. The van der Waals surface area contributed by atoms with E-state index in [-0.39, 0.29) is 0 Å². The Hall–Kier alpha value is -1.22. The summed E-state index contributed by atoms with van der Waals surface area (Å²) >= 11 is 0. The summed E-state index contributed by atoms with van der Waals surface area (Å²) in [5.41, 5.74) is 7.03. The predicted molar refractivity (Wildman–Crippen MR) is 70.8 cm³/mol. The van der Waals surface area contributed by atoms with Crippen LogP contribution in [0, 0.1) is 5.92 Å². The first kappa shape index (κ1) is 13.8. The fourth-order valence-corrected chi connectivity index (χ4v) is 2.07. The van der Waals surface area contributed by atoms with Crippen molar-refractivity contribution in [2.75, 3.05) is 20.8 Å². The van der Waals surface area contributed by atoms with Crippen molar-refractivity contribution < 1.29 is 9.47 Å². The molecule has 0 spiro atoms. The lowest BCUT2D eigenvalue weighted by molar-refractivity contribution is 0.384. The minimum absolute atomic E-state index is 0.343. The van der Waals surface area contributed by atoms with Gasteiger partial charge >= 0.3 is 0 Å². The standard InChI is InChI=1S/C14H23NO2/c1-10(2)7-11(9-15)13-6-5-12(16-3)8-14(13)17-4/h5-6,8,10-11H,7,9,15H2,1-4H3. The van der Waals surface area contributed by atoms with Gasteiger partial charge in [-0.2, -0.15) is 0 Å². The Morgan fingerprint density at radius 1 is 1.18 bits per heavy atom. The number of hydrogen-bond donors (Lipinski definition) is 1. The van der Waals surface area contributed by atoms with Crippen LogP contribution in [-0.4, -0.2) is 20.8 Å². The first-order valence-electron chi connectivity index (χ1n) is 6.04. The molecule has 3 nitrogen and oxygen atoms in total. The van der Waals surface area contributed by atoms with Crippen LogP contribution in [0.4, 0.5) is 0 Å². The van der Waals surface area contributed by atoms with Crippen molar-refractivity contribution in [1.82, 2.24) is 0 Å². The molecule has 2 N–H and O–H groups in total. The van der Waals surface area contributed by atoms with Gasteiger partial charge in [0.25, 0.3) is 0 Å². The third kappa shape index (κ3) is 3.63. The number of rotatable bonds is 6. The SMILES string of the molecule is COc1ccc(C(CN)CC(C)C)c(OC)c1. The molecule has 0 aliphatic rings. The van der Waals surface area contributed by atoms with Crippen molar-refractivity contribution in [3.63, 3.8) is 0 Å². The molecule has 0 aliphatic carbocycles. The molecule has 1 atom stereocenters. The zero-order valence-corrected chi connectivity index (χ0v) is 11.2. The molecule has 96 valence electrons. The van der Waals surface area contributed by atoms with Crippen LogP contribution in [0.2, 0.25) is 0 Å². The Kier molecular flexibility index (Phi) is 5.29. The molecule has 1 unspecified atom stereocenters. The van der Waals surface area contributed by atoms with Gasteiger partial charge in [0.15, 0.2) is 0 Å². The minimum Gasteiger partial charge on any atom is -0.497 e. The average Bonchev–Trinajstić information content (AvgIpc) is 2.35. The van der Waals surface area contributed by atoms with Crippen molar-refractivity contribution in [2.45, 2.75) is 26.2 Å². The molecule has 0 bridgehead atoms. The summed E-state index contributed by atoms with van der Waals surface area (Å²) in [5, 5.41) is 0. The predicted octanol–water partition coefficient (Wildman–Crippen LogP) is 2.79. The molecule has 17 heavy (non-hydrogen) atoms. The molecule has 1 aromatic rings. The van der Waals surface area contributed by atoms with Crippen molar-refractivity contribution >= 4 is 0 Å². The second-order valence-electron chi connectivity index (χ2n) is 4.67. The second kappa shape index (κ2) is 6.50. The number of hydrogen-bond acceptors (Lipinski definition) is 3. The Balaban J connectivity index is 3.01. The second-order valence-corrected chi connectivity index (χ2v) is 4.67. The van der Waals surface area contributed by atoms with E-state index in [1.807, 2.05) is 12.1 Å². The van der Waals surface area contributed by atoms with E-state index < -0.39 is 0 Å². The minimum atomic E-state index is 0.343. The molecule has 0 heterocycles. The molecule has 0 radical (unpaired) electrons. The summed E-state index contributed by atoms with van der Waals surface area (Å²) in [6.07, 6.45) is 1.07. The number of ether oxygens (including phenoxy) is 2. The van der Waals surface area contributed by atoms with Crippen LogP contribution in [-0.2, 0) is 0 Å². The largest absolute Gasteiger partial charge is 0.497 e. The van der Waals surface area contributed by atoms with Crippen LogP contribution >= 0.6 is 0 Å². The highest BCUT2D eigenvalue weighted by Crippen LogP contribution is 2.33. The average molecular weight is 237 g/mol. The van der Waals surface area contributed by atoms with E-state index in [2.05, 4.69) is 19.9 Å². The van der Waals surface area contributed by atoms with Gasteiger partial charge in [-0.1, -0.05) is 19.9 Å². The van der Waals surface area contributed by atoms with Crippen LogP contribution in [0.3, 0.4) is 0 Å². The van der Waals surface area contributed by atoms with Crippen molar-refractivity contribution in [3.05, 3.63) is 23.8 Å². The molecule has 0 fully saturated rings. The summed E-state index contributed by atoms with van der Waals surface area (Å²) in [4.78, 5) is 0. The van der Waals surface area contributed by atoms with Crippen LogP contribution in [0.15, 0.2) is 18.2 Å². The Morgan fingerprint density at radius 3 is 2.35 bits per heavy atom. The molecular formula is C14H23NO2. The van der Waals surface area contributed by atoms with Crippen LogP contribution in [0.25, 0.3) is 0 Å². The zero-order valence-electron chi connectivity index (χ0n) is 11.2. The monoisotopic (exact) mass is 237 g/mol. The maximum absolute atomic E-state index is 5.86. The topological polar surface area (TPSA) is 44.5 Å². The Morgan fingerprint density at radius 2 is 1.88 bits per heavy atom. The van der Waals surface area contributed by atoms with Crippen molar-refractivity contribution in [1.29, 1.82) is 0 Å². The van der Waals surface area contributed by atoms with E-state index in [9.17, 15) is 0 Å². The Labute approximate surface area is 104 Å². The third-order valence-corrected chi connectivity index (χ3v) is 2.92. The summed E-state index contributed by atoms with van der Waals surface area (Å²) in [5.74, 6) is 2.64. The number of benzene rings is 1. The van der Waals surface area contributed by atoms with Gasteiger partial charge in [-0.25, -0.2) is 0 Å². The third-order valence-electron chi connectivity index (χ3n) is 2.92. The smallest absolute Gasteiger partial charge is 0.126 e. The van der Waals surface area contributed by atoms with Crippen molar-refractivity contribution in [2.24, 2.45) is 11.7 Å². The van der Waals surface area contributed by atoms with E-state index in [0.29, 0.717) is 18.4 Å². The van der Waals surface area contributed by atoms with Crippen molar-refractivity contribution in [3.8, 4) is 11.5 Å². The van der Waals surface area contributed by atoms with Gasteiger partial charge in [0, 0.05) is 12.0 Å². The maximum Gasteiger partial charge on any atom is 0.126 e. The normalized spacial score (nSPS) is 12.6. The highest BCUT2D eigenvalue weighted by atomic mass is 16.5. The maximum atomic E-state index is 5.86. The van der Waals surface area contributed by atoms with Gasteiger partial charge < -0.3 is 15.2 Å². The Bertz CT molecular complexity index is 350. The highest BCUT2D eigenvalue weighted by Gasteiger charge is 2.16. The van der Waals surface area contributed by atoms with E-state index in [1.54, 1.807) is 14.2 Å². The molecule has 1 aromatic carbocycles. The van der Waals surface area contributed by atoms with E-state index in [0.717, 1.165) is 17.9 Å². The van der Waals surface area contributed by atoms with Gasteiger partial charge in [0.2, 0.25) is 0 Å². The molecular weight excluding hydrogens is 214 g/mol. The van der Waals surface area contributed by atoms with Gasteiger partial charge in [0.05, 0.1) is 14.2 Å². The first-order valence-corrected chi connectivity index (χ1v) is 6.04. The molecule has 0 saturated heterocycles. The van der Waals surface area contributed by atoms with Gasteiger partial charge in [-0.05, 0) is 30.5 Å². The fraction of sp³-hybridized carbons (Fsp3) is 0.571. The van der Waals surface area contributed by atoms with Crippen LogP contribution < -0.4 is 15.2 Å². The molecule has 1 rings (SSSR count). The van der Waals surface area contributed by atoms with E-state index >= 15 is 0 Å². The zero-order chi connectivity index (χ0) is 12.8. The van der Waals surface area contributed by atoms with Gasteiger partial charge in [-0.15, -0.1) is 0 Å². The van der Waals surface area contributed by atoms with Gasteiger partial charge in [0.1, 0.15) is 11.5 Å². The summed E-state index contributed by atoms with van der Waals surface area (Å²) < 4.78 is 10.6. The highest BCUT2D eigenvalue weighted by molar-refractivity contribution is 5.42. The fourth-order valence-electron chi connectivity index (χ4n) is 2.07. The molecule has 0 aliphatic heterocycles. The summed E-state index contributed by atoms with van der Waals surface area (Å²) in [6, 6.07) is 5.93. The number of methoxy groups -OCH3 is 2. The van der Waals surface area contributed by atoms with E-state index in [1.165, 1.54) is 5.56 Å². The lowest BCUT2D eigenvalue weighted by Gasteiger charge is -2.20. The summed E-state index contributed by atoms with van der Waals surface area (Å²) in [6.45, 7) is 5.05. The van der Waals surface area contributed by atoms with E-state index in [4.69, 9.17) is 15.2 Å². The first-order chi connectivity index (χ1) is 8.12. The summed E-state index contributed by atoms with van der Waals surface area (Å²) in [7, 11) is 3.34. The van der Waals surface area contributed by atoms with Gasteiger partial charge in [-0.3, -0.25) is 0 Å². The lowest BCUT2D eigenvalue weighted by atomic mass is 9.90. The number of nitrogens with two attached hydrogens (primary N) is 1. The van der Waals surface area contributed by atoms with Crippen LogP contribution in [0.5, 0.6) is 11.5 Å².